The van der Waals surface area contributed by atoms with Crippen molar-refractivity contribution in [2.24, 2.45) is 0 Å². The van der Waals surface area contributed by atoms with Crippen molar-refractivity contribution in [2.75, 3.05) is 18.1 Å². The Balaban J connectivity index is 1.66. The number of hydrogen-bond acceptors (Lipinski definition) is 5. The summed E-state index contributed by atoms with van der Waals surface area (Å²) in [5.41, 5.74) is 3.71. The Hall–Kier alpha value is -2.52. The minimum Gasteiger partial charge on any atom is -0.490 e. The third kappa shape index (κ3) is 2.53. The molecule has 0 radical (unpaired) electrons. The second-order valence-electron chi connectivity index (χ2n) is 5.94. The topological polar surface area (TPSA) is 78.5 Å². The van der Waals surface area contributed by atoms with E-state index in [0.29, 0.717) is 19.0 Å². The third-order valence-electron chi connectivity index (χ3n) is 4.33. The number of H-pyrrole nitrogens is 1. The second-order valence-corrected chi connectivity index (χ2v) is 5.94. The molecule has 0 saturated heterocycles. The number of anilines is 1. The van der Waals surface area contributed by atoms with Crippen LogP contribution in [-0.2, 0) is 13.1 Å². The lowest BCUT2D eigenvalue weighted by molar-refractivity contribution is 0.200. The number of fused-ring (bicyclic) bond motifs is 1. The zero-order chi connectivity index (χ0) is 15.8. The Labute approximate surface area is 133 Å². The molecule has 1 aliphatic carbocycles. The average Bonchev–Trinajstić information content (AvgIpc) is 3.30. The highest BCUT2D eigenvalue weighted by molar-refractivity contribution is 5.58. The van der Waals surface area contributed by atoms with Crippen LogP contribution in [0.25, 0.3) is 0 Å². The number of nitrogens with one attached hydrogen (secondary N) is 1. The molecule has 0 atom stereocenters. The predicted octanol–water partition coefficient (Wildman–Crippen LogP) is 1.14. The van der Waals surface area contributed by atoms with Gasteiger partial charge in [0.2, 0.25) is 0 Å². The quantitative estimate of drug-likeness (QED) is 0.866. The summed E-state index contributed by atoms with van der Waals surface area (Å²) in [5.74, 6) is 1.07. The number of aromatic amines is 1. The van der Waals surface area contributed by atoms with Crippen LogP contribution in [0, 0.1) is 12.1 Å². The molecule has 0 unspecified atom stereocenters. The molecule has 2 aromatic rings. The molecule has 2 aliphatic rings. The van der Waals surface area contributed by atoms with Crippen LogP contribution < -0.4 is 15.2 Å². The van der Waals surface area contributed by atoms with Gasteiger partial charge in [-0.25, -0.2) is 5.10 Å². The minimum atomic E-state index is -0.0896. The number of ether oxygens (including phenoxy) is 1. The maximum atomic E-state index is 12.1. The fourth-order valence-corrected chi connectivity index (χ4v) is 3.12. The molecule has 1 aromatic heterocycles. The van der Waals surface area contributed by atoms with Crippen LogP contribution >= 0.6 is 0 Å². The fourth-order valence-electron chi connectivity index (χ4n) is 3.12. The molecule has 2 heterocycles. The van der Waals surface area contributed by atoms with E-state index in [1.54, 1.807) is 12.3 Å². The van der Waals surface area contributed by atoms with Gasteiger partial charge >= 0.3 is 0 Å². The number of aliphatic hydroxyl groups is 1. The van der Waals surface area contributed by atoms with Crippen LogP contribution in [0.1, 0.15) is 35.4 Å². The van der Waals surface area contributed by atoms with Gasteiger partial charge in [0.05, 0.1) is 25.0 Å². The molecule has 6 heteroatoms. The number of rotatable bonds is 5. The van der Waals surface area contributed by atoms with Crippen molar-refractivity contribution < 1.29 is 9.84 Å². The van der Waals surface area contributed by atoms with Crippen molar-refractivity contribution in [3.63, 3.8) is 0 Å². The first-order valence-electron chi connectivity index (χ1n) is 7.78. The molecule has 118 valence electrons. The molecule has 1 saturated carbocycles. The molecule has 23 heavy (non-hydrogen) atoms. The molecule has 1 aromatic carbocycles. The van der Waals surface area contributed by atoms with Gasteiger partial charge in [-0.15, -0.1) is 0 Å². The van der Waals surface area contributed by atoms with Crippen molar-refractivity contribution >= 4 is 5.69 Å². The van der Waals surface area contributed by atoms with Crippen LogP contribution in [0.2, 0.25) is 0 Å². The standard InChI is InChI=1S/C17H17N3O3/c21-6-7-23-15-3-1-2-12-9-20(10-13(12)15)14-8-18-19-17(22)16(14)11-4-5-11/h3,8,11,21H,4-7,9-10H2,(H,19,22). The van der Waals surface area contributed by atoms with E-state index in [2.05, 4.69) is 27.2 Å². The van der Waals surface area contributed by atoms with Crippen LogP contribution in [0.4, 0.5) is 5.69 Å². The zero-order valence-electron chi connectivity index (χ0n) is 12.6. The van der Waals surface area contributed by atoms with Crippen molar-refractivity contribution in [2.45, 2.75) is 31.8 Å². The maximum absolute atomic E-state index is 12.1. The van der Waals surface area contributed by atoms with Gasteiger partial charge in [0.15, 0.2) is 0 Å². The van der Waals surface area contributed by atoms with E-state index < -0.39 is 0 Å². The molecule has 0 amide bonds. The van der Waals surface area contributed by atoms with Crippen molar-refractivity contribution in [1.82, 2.24) is 10.2 Å². The van der Waals surface area contributed by atoms with Gasteiger partial charge in [-0.05, 0) is 18.8 Å². The van der Waals surface area contributed by atoms with E-state index in [1.165, 1.54) is 0 Å². The fraction of sp³-hybridized carbons (Fsp3) is 0.412. The van der Waals surface area contributed by atoms with Gasteiger partial charge < -0.3 is 14.7 Å². The van der Waals surface area contributed by atoms with Gasteiger partial charge in [-0.1, -0.05) is 12.1 Å². The zero-order valence-corrected chi connectivity index (χ0v) is 12.6. The summed E-state index contributed by atoms with van der Waals surface area (Å²) in [6.45, 7) is 1.53. The smallest absolute Gasteiger partial charge is 0.269 e. The Morgan fingerprint density at radius 1 is 1.43 bits per heavy atom. The lowest BCUT2D eigenvalue weighted by Crippen LogP contribution is -2.23. The van der Waals surface area contributed by atoms with Crippen molar-refractivity contribution in [3.8, 4) is 5.75 Å². The summed E-state index contributed by atoms with van der Waals surface area (Å²) in [7, 11) is 0. The first-order valence-corrected chi connectivity index (χ1v) is 7.78. The van der Waals surface area contributed by atoms with Crippen molar-refractivity contribution in [3.05, 3.63) is 51.4 Å². The Bertz CT molecular complexity index is 783. The van der Waals surface area contributed by atoms with E-state index in [0.717, 1.165) is 41.0 Å². The molecule has 0 bridgehead atoms. The van der Waals surface area contributed by atoms with E-state index in [4.69, 9.17) is 9.84 Å². The third-order valence-corrected chi connectivity index (χ3v) is 4.33. The molecule has 1 fully saturated rings. The summed E-state index contributed by atoms with van der Waals surface area (Å²) < 4.78 is 5.58. The Morgan fingerprint density at radius 3 is 3.09 bits per heavy atom. The van der Waals surface area contributed by atoms with E-state index in [9.17, 15) is 4.79 Å². The summed E-state index contributed by atoms with van der Waals surface area (Å²) in [5, 5.41) is 15.5. The highest BCUT2D eigenvalue weighted by Gasteiger charge is 2.33. The molecule has 4 rings (SSSR count). The normalized spacial score (nSPS) is 16.1. The predicted molar refractivity (Wildman–Crippen MR) is 83.4 cm³/mol. The lowest BCUT2D eigenvalue weighted by atomic mass is 10.1. The summed E-state index contributed by atoms with van der Waals surface area (Å²) in [6.07, 6.45) is 3.86. The number of aromatic nitrogens is 2. The van der Waals surface area contributed by atoms with E-state index in [1.807, 2.05) is 0 Å². The largest absolute Gasteiger partial charge is 0.490 e. The van der Waals surface area contributed by atoms with Crippen LogP contribution in [0.5, 0.6) is 5.75 Å². The lowest BCUT2D eigenvalue weighted by Gasteiger charge is -2.20. The van der Waals surface area contributed by atoms with Gasteiger partial charge in [-0.2, -0.15) is 5.10 Å². The van der Waals surface area contributed by atoms with Crippen LogP contribution in [-0.4, -0.2) is 28.5 Å². The highest BCUT2D eigenvalue weighted by atomic mass is 16.5. The van der Waals surface area contributed by atoms with Crippen LogP contribution in [0.3, 0.4) is 0 Å². The molecule has 2 N–H and O–H groups in total. The first kappa shape index (κ1) is 14.1. The monoisotopic (exact) mass is 311 g/mol. The first-order chi connectivity index (χ1) is 11.3. The number of aliphatic hydroxyl groups excluding tert-OH is 1. The SMILES string of the molecule is O=c1[nH]ncc(N2Cc3c#ccc(OCCO)c3C2)c1C1CC1. The number of hydrogen-bond donors (Lipinski definition) is 2. The van der Waals surface area contributed by atoms with Crippen LogP contribution in [0.15, 0.2) is 17.1 Å². The van der Waals surface area contributed by atoms with E-state index >= 15 is 0 Å². The minimum absolute atomic E-state index is 0.0269. The van der Waals surface area contributed by atoms with Crippen molar-refractivity contribution in [1.29, 1.82) is 0 Å². The number of nitrogens with zero attached hydrogens (tertiary/aromatic N) is 2. The molecular weight excluding hydrogens is 294 g/mol. The second kappa shape index (κ2) is 5.60. The highest BCUT2D eigenvalue weighted by Crippen LogP contribution is 2.43. The van der Waals surface area contributed by atoms with E-state index in [-0.39, 0.29) is 18.8 Å². The molecular formula is C17H17N3O3. The molecule has 0 spiro atoms. The van der Waals surface area contributed by atoms with Gasteiger partial charge in [0.25, 0.3) is 5.56 Å². The summed E-state index contributed by atoms with van der Waals surface area (Å²) >= 11 is 0. The van der Waals surface area contributed by atoms with Gasteiger partial charge in [-0.3, -0.25) is 4.79 Å². The molecule has 1 aliphatic heterocycles. The Morgan fingerprint density at radius 2 is 2.30 bits per heavy atom. The summed E-state index contributed by atoms with van der Waals surface area (Å²) in [6, 6.07) is 7.84. The average molecular weight is 311 g/mol. The van der Waals surface area contributed by atoms with Gasteiger partial charge in [0, 0.05) is 29.3 Å². The maximum Gasteiger partial charge on any atom is 0.269 e. The Kier molecular flexibility index (Phi) is 3.43. The summed E-state index contributed by atoms with van der Waals surface area (Å²) in [4.78, 5) is 14.3. The molecule has 6 nitrogen and oxygen atoms in total. The van der Waals surface area contributed by atoms with Gasteiger partial charge in [0.1, 0.15) is 12.4 Å².